The van der Waals surface area contributed by atoms with E-state index in [0.717, 1.165) is 6.26 Å². The lowest BCUT2D eigenvalue weighted by molar-refractivity contribution is 0.175. The molecule has 0 radical (unpaired) electrons. The molecular formula is C13H21NO4S2. The molecule has 2 unspecified atom stereocenters. The van der Waals surface area contributed by atoms with Crippen LogP contribution in [-0.4, -0.2) is 48.6 Å². The van der Waals surface area contributed by atoms with E-state index in [-0.39, 0.29) is 4.90 Å². The van der Waals surface area contributed by atoms with Gasteiger partial charge in [-0.2, -0.15) is 0 Å². The second-order valence-electron chi connectivity index (χ2n) is 4.49. The van der Waals surface area contributed by atoms with Crippen LogP contribution < -0.4 is 5.32 Å². The van der Waals surface area contributed by atoms with Gasteiger partial charge in [0.05, 0.1) is 11.0 Å². The van der Waals surface area contributed by atoms with E-state index in [2.05, 4.69) is 5.32 Å². The van der Waals surface area contributed by atoms with Gasteiger partial charge in [0.15, 0.2) is 9.84 Å². The van der Waals surface area contributed by atoms with Crippen LogP contribution in [0.2, 0.25) is 0 Å². The first kappa shape index (κ1) is 17.3. The zero-order chi connectivity index (χ0) is 15.2. The zero-order valence-corrected chi connectivity index (χ0v) is 13.3. The van der Waals surface area contributed by atoms with Crippen molar-refractivity contribution in [1.82, 2.24) is 5.32 Å². The summed E-state index contributed by atoms with van der Waals surface area (Å²) >= 11 is 0. The number of aliphatic hydroxyl groups excluding tert-OH is 1. The van der Waals surface area contributed by atoms with Crippen LogP contribution in [0.1, 0.15) is 18.6 Å². The second-order valence-corrected chi connectivity index (χ2v) is 8.37. The average Bonchev–Trinajstić information content (AvgIpc) is 2.42. The van der Waals surface area contributed by atoms with Crippen molar-refractivity contribution in [3.8, 4) is 0 Å². The van der Waals surface area contributed by atoms with Crippen LogP contribution in [0.3, 0.4) is 0 Å². The Bertz CT molecular complexity index is 540. The molecule has 0 spiro atoms. The Morgan fingerprint density at radius 1 is 1.30 bits per heavy atom. The number of benzene rings is 1. The molecule has 0 aliphatic rings. The molecule has 0 aliphatic carbocycles. The fourth-order valence-corrected chi connectivity index (χ4v) is 2.92. The maximum Gasteiger partial charge on any atom is 0.175 e. The molecule has 0 bridgehead atoms. The van der Waals surface area contributed by atoms with Gasteiger partial charge in [0, 0.05) is 41.7 Å². The number of hydrogen-bond acceptors (Lipinski definition) is 5. The van der Waals surface area contributed by atoms with Gasteiger partial charge in [0.2, 0.25) is 0 Å². The number of sulfone groups is 1. The summed E-state index contributed by atoms with van der Waals surface area (Å²) in [6.07, 6.45) is 0.437. The monoisotopic (exact) mass is 319 g/mol. The molecule has 0 aromatic heterocycles. The van der Waals surface area contributed by atoms with E-state index < -0.39 is 26.7 Å². The molecule has 20 heavy (non-hydrogen) atoms. The Morgan fingerprint density at radius 3 is 2.40 bits per heavy atom. The van der Waals surface area contributed by atoms with Crippen LogP contribution >= 0.6 is 0 Å². The maximum atomic E-state index is 11.3. The highest BCUT2D eigenvalue weighted by molar-refractivity contribution is 7.90. The van der Waals surface area contributed by atoms with Crippen molar-refractivity contribution in [1.29, 1.82) is 0 Å². The van der Waals surface area contributed by atoms with E-state index in [4.69, 9.17) is 0 Å². The molecule has 7 heteroatoms. The maximum absolute atomic E-state index is 11.3. The standard InChI is InChI=1S/C13H21NO4S2/c1-3-19(16)9-8-14-10-13(15)11-4-6-12(7-5-11)20(2,17)18/h4-7,13-15H,3,8-10H2,1-2H3. The first-order valence-electron chi connectivity index (χ1n) is 6.38. The third-order valence-electron chi connectivity index (χ3n) is 2.86. The van der Waals surface area contributed by atoms with Crippen molar-refractivity contribution >= 4 is 20.6 Å². The zero-order valence-electron chi connectivity index (χ0n) is 11.7. The van der Waals surface area contributed by atoms with Crippen molar-refractivity contribution in [2.45, 2.75) is 17.9 Å². The molecule has 114 valence electrons. The van der Waals surface area contributed by atoms with Gasteiger partial charge in [-0.15, -0.1) is 0 Å². The molecule has 1 aromatic carbocycles. The van der Waals surface area contributed by atoms with Crippen LogP contribution in [0.4, 0.5) is 0 Å². The Kier molecular flexibility index (Phi) is 6.81. The van der Waals surface area contributed by atoms with E-state index in [1.165, 1.54) is 12.1 Å². The Balaban J connectivity index is 2.48. The Hall–Kier alpha value is -0.760. The van der Waals surface area contributed by atoms with Crippen molar-refractivity contribution in [2.24, 2.45) is 0 Å². The van der Waals surface area contributed by atoms with E-state index >= 15 is 0 Å². The quantitative estimate of drug-likeness (QED) is 0.681. The summed E-state index contributed by atoms with van der Waals surface area (Å²) in [5.74, 6) is 1.20. The summed E-state index contributed by atoms with van der Waals surface area (Å²) in [5, 5.41) is 13.0. The SMILES string of the molecule is CCS(=O)CCNCC(O)c1ccc(S(C)(=O)=O)cc1. The summed E-state index contributed by atoms with van der Waals surface area (Å²) < 4.78 is 33.8. The fraction of sp³-hybridized carbons (Fsp3) is 0.538. The lowest BCUT2D eigenvalue weighted by atomic mass is 10.1. The summed E-state index contributed by atoms with van der Waals surface area (Å²) in [6.45, 7) is 2.80. The van der Waals surface area contributed by atoms with Crippen molar-refractivity contribution < 1.29 is 17.7 Å². The van der Waals surface area contributed by atoms with Gasteiger partial charge in [-0.25, -0.2) is 8.42 Å². The van der Waals surface area contributed by atoms with Gasteiger partial charge in [0.1, 0.15) is 0 Å². The lowest BCUT2D eigenvalue weighted by Gasteiger charge is -2.12. The van der Waals surface area contributed by atoms with Gasteiger partial charge in [0.25, 0.3) is 0 Å². The van der Waals surface area contributed by atoms with E-state index in [1.807, 2.05) is 6.92 Å². The van der Waals surface area contributed by atoms with E-state index in [0.29, 0.717) is 30.2 Å². The summed E-state index contributed by atoms with van der Waals surface area (Å²) in [4.78, 5) is 0.236. The number of rotatable bonds is 8. The summed E-state index contributed by atoms with van der Waals surface area (Å²) in [5.41, 5.74) is 0.654. The molecule has 1 rings (SSSR count). The van der Waals surface area contributed by atoms with Gasteiger partial charge in [-0.3, -0.25) is 4.21 Å². The van der Waals surface area contributed by atoms with Crippen molar-refractivity contribution in [3.63, 3.8) is 0 Å². The summed E-state index contributed by atoms with van der Waals surface area (Å²) in [7, 11) is -4.02. The van der Waals surface area contributed by atoms with Gasteiger partial charge >= 0.3 is 0 Å². The van der Waals surface area contributed by atoms with Gasteiger partial charge in [-0.1, -0.05) is 19.1 Å². The highest BCUT2D eigenvalue weighted by Crippen LogP contribution is 2.15. The third-order valence-corrected chi connectivity index (χ3v) is 5.29. The number of nitrogens with one attached hydrogen (secondary N) is 1. The predicted octanol–water partition coefficient (Wildman–Crippen LogP) is 0.482. The molecule has 1 aromatic rings. The lowest BCUT2D eigenvalue weighted by Crippen LogP contribution is -2.26. The predicted molar refractivity (Wildman–Crippen MR) is 80.9 cm³/mol. The third kappa shape index (κ3) is 5.70. The highest BCUT2D eigenvalue weighted by atomic mass is 32.2. The minimum atomic E-state index is -3.21. The second kappa shape index (κ2) is 7.87. The van der Waals surface area contributed by atoms with E-state index in [9.17, 15) is 17.7 Å². The van der Waals surface area contributed by atoms with E-state index in [1.54, 1.807) is 12.1 Å². The number of aliphatic hydroxyl groups is 1. The minimum absolute atomic E-state index is 0.236. The molecular weight excluding hydrogens is 298 g/mol. The Morgan fingerprint density at radius 2 is 1.90 bits per heavy atom. The van der Waals surface area contributed by atoms with Crippen molar-refractivity contribution in [3.05, 3.63) is 29.8 Å². The smallest absolute Gasteiger partial charge is 0.175 e. The normalized spacial score (nSPS) is 14.9. The largest absolute Gasteiger partial charge is 0.387 e. The molecule has 0 saturated heterocycles. The Labute approximate surface area is 122 Å². The first-order chi connectivity index (χ1) is 9.34. The first-order valence-corrected chi connectivity index (χ1v) is 9.76. The molecule has 5 nitrogen and oxygen atoms in total. The molecule has 0 aliphatic heterocycles. The van der Waals surface area contributed by atoms with Crippen LogP contribution in [-0.2, 0) is 20.6 Å². The molecule has 0 saturated carbocycles. The highest BCUT2D eigenvalue weighted by Gasteiger charge is 2.10. The van der Waals surface area contributed by atoms with Gasteiger partial charge < -0.3 is 10.4 Å². The molecule has 0 fully saturated rings. The fourth-order valence-electron chi connectivity index (χ4n) is 1.62. The minimum Gasteiger partial charge on any atom is -0.387 e. The molecule has 0 heterocycles. The molecule has 2 atom stereocenters. The van der Waals surface area contributed by atoms with Crippen LogP contribution in [0.15, 0.2) is 29.2 Å². The summed E-state index contributed by atoms with van der Waals surface area (Å²) in [6, 6.07) is 6.18. The number of hydrogen-bond donors (Lipinski definition) is 2. The molecule has 2 N–H and O–H groups in total. The topological polar surface area (TPSA) is 83.5 Å². The average molecular weight is 319 g/mol. The van der Waals surface area contributed by atoms with Crippen LogP contribution in [0.25, 0.3) is 0 Å². The van der Waals surface area contributed by atoms with Crippen LogP contribution in [0.5, 0.6) is 0 Å². The molecule has 0 amide bonds. The van der Waals surface area contributed by atoms with Crippen molar-refractivity contribution in [2.75, 3.05) is 30.9 Å². The van der Waals surface area contributed by atoms with Crippen LogP contribution in [0, 0.1) is 0 Å². The van der Waals surface area contributed by atoms with Gasteiger partial charge in [-0.05, 0) is 17.7 Å².